The molecule has 0 aliphatic heterocycles. The van der Waals surface area contributed by atoms with Crippen LogP contribution in [-0.4, -0.2) is 31.0 Å². The molecule has 0 atom stereocenters. The first-order valence-electron chi connectivity index (χ1n) is 10.6. The van der Waals surface area contributed by atoms with Crippen molar-refractivity contribution in [3.63, 3.8) is 0 Å². The van der Waals surface area contributed by atoms with E-state index in [9.17, 15) is 0 Å². The van der Waals surface area contributed by atoms with Gasteiger partial charge in [0, 0.05) is 6.20 Å². The molecule has 1 aromatic heterocycles. The van der Waals surface area contributed by atoms with Gasteiger partial charge in [0.05, 0.1) is 12.3 Å². The lowest BCUT2D eigenvalue weighted by atomic mass is 10.1. The van der Waals surface area contributed by atoms with Gasteiger partial charge in [0.2, 0.25) is 0 Å². The lowest BCUT2D eigenvalue weighted by molar-refractivity contribution is 0.213. The van der Waals surface area contributed by atoms with E-state index >= 15 is 0 Å². The van der Waals surface area contributed by atoms with Gasteiger partial charge in [-0.05, 0) is 88.3 Å². The van der Waals surface area contributed by atoms with Crippen LogP contribution in [0.15, 0.2) is 47.8 Å². The average Bonchev–Trinajstić information content (AvgIpc) is 2.73. The highest BCUT2D eigenvalue weighted by atomic mass is 16.6. The van der Waals surface area contributed by atoms with Gasteiger partial charge in [0.25, 0.3) is 0 Å². The largest absolute Gasteiger partial charge is 0.493 e. The molecule has 0 aliphatic carbocycles. The summed E-state index contributed by atoms with van der Waals surface area (Å²) in [6, 6.07) is 8.19. The highest BCUT2D eigenvalue weighted by molar-refractivity contribution is 5.96. The Morgan fingerprint density at radius 1 is 1.07 bits per heavy atom. The van der Waals surface area contributed by atoms with Gasteiger partial charge in [-0.25, -0.2) is 0 Å². The molecule has 2 rings (SSSR count). The van der Waals surface area contributed by atoms with Crippen molar-refractivity contribution in [2.75, 3.05) is 20.3 Å². The number of hydrogen-bond acceptors (Lipinski definition) is 5. The number of aromatic nitrogens is 1. The first-order chi connectivity index (χ1) is 14.5. The van der Waals surface area contributed by atoms with E-state index in [4.69, 9.17) is 14.3 Å². The third-order valence-electron chi connectivity index (χ3n) is 4.80. The molecule has 0 bridgehead atoms. The molecule has 0 fully saturated rings. The second-order valence-electron chi connectivity index (χ2n) is 7.34. The molecule has 0 unspecified atom stereocenters. The van der Waals surface area contributed by atoms with E-state index in [1.54, 1.807) is 7.11 Å². The quantitative estimate of drug-likeness (QED) is 0.192. The van der Waals surface area contributed by atoms with Crippen molar-refractivity contribution in [1.82, 2.24) is 4.98 Å². The van der Waals surface area contributed by atoms with Gasteiger partial charge in [0.15, 0.2) is 0 Å². The third-order valence-corrected chi connectivity index (χ3v) is 4.80. The Morgan fingerprint density at radius 2 is 1.83 bits per heavy atom. The number of unbranched alkanes of at least 4 members (excludes halogenated alkanes) is 2. The fraction of sp³-hybridized carbons (Fsp3) is 0.440. The lowest BCUT2D eigenvalue weighted by Gasteiger charge is -2.14. The summed E-state index contributed by atoms with van der Waals surface area (Å²) in [5, 5.41) is 3.91. The van der Waals surface area contributed by atoms with E-state index in [2.05, 4.69) is 30.1 Å². The maximum atomic E-state index is 6.06. The Kier molecular flexibility index (Phi) is 9.92. The van der Waals surface area contributed by atoms with Crippen LogP contribution in [0, 0.1) is 13.8 Å². The molecule has 30 heavy (non-hydrogen) atoms. The fourth-order valence-corrected chi connectivity index (χ4v) is 3.21. The van der Waals surface area contributed by atoms with Gasteiger partial charge in [-0.2, -0.15) is 0 Å². The molecule has 0 amide bonds. The number of allylic oxidation sites excluding steroid dienone is 1. The van der Waals surface area contributed by atoms with Crippen molar-refractivity contribution in [3.8, 4) is 11.5 Å². The number of benzene rings is 1. The first-order valence-corrected chi connectivity index (χ1v) is 10.6. The summed E-state index contributed by atoms with van der Waals surface area (Å²) in [5.41, 5.74) is 5.10. The van der Waals surface area contributed by atoms with Gasteiger partial charge in [-0.3, -0.25) is 4.98 Å². The zero-order valence-electron chi connectivity index (χ0n) is 18.9. The average molecular weight is 411 g/mol. The maximum absolute atomic E-state index is 6.06. The smallest absolute Gasteiger partial charge is 0.125 e. The summed E-state index contributed by atoms with van der Waals surface area (Å²) >= 11 is 0. The van der Waals surface area contributed by atoms with Crippen molar-refractivity contribution in [2.45, 2.75) is 53.4 Å². The highest BCUT2D eigenvalue weighted by Crippen LogP contribution is 2.28. The van der Waals surface area contributed by atoms with Crippen LogP contribution >= 0.6 is 0 Å². The minimum atomic E-state index is 0.591. The fourth-order valence-electron chi connectivity index (χ4n) is 3.21. The SMILES string of the molecule is C/C=C/COc1cc(C)c(OCCCCCc2ccc(/C(C)=N/OC)nc2)c(C)c1. The van der Waals surface area contributed by atoms with E-state index in [0.717, 1.165) is 66.3 Å². The summed E-state index contributed by atoms with van der Waals surface area (Å²) in [7, 11) is 1.54. The monoisotopic (exact) mass is 410 g/mol. The van der Waals surface area contributed by atoms with Crippen LogP contribution in [0.2, 0.25) is 0 Å². The first kappa shape index (κ1) is 23.5. The Morgan fingerprint density at radius 3 is 2.47 bits per heavy atom. The van der Waals surface area contributed by atoms with Crippen LogP contribution in [0.25, 0.3) is 0 Å². The topological polar surface area (TPSA) is 52.9 Å². The Balaban J connectivity index is 1.72. The predicted octanol–water partition coefficient (Wildman–Crippen LogP) is 5.82. The predicted molar refractivity (Wildman–Crippen MR) is 123 cm³/mol. The Hall–Kier alpha value is -2.82. The Labute approximate surface area is 180 Å². The zero-order valence-corrected chi connectivity index (χ0v) is 18.9. The van der Waals surface area contributed by atoms with Crippen molar-refractivity contribution in [1.29, 1.82) is 0 Å². The number of ether oxygens (including phenoxy) is 2. The molecule has 0 saturated carbocycles. The van der Waals surface area contributed by atoms with Gasteiger partial charge < -0.3 is 14.3 Å². The molecule has 2 aromatic rings. The third kappa shape index (κ3) is 7.54. The molecule has 0 saturated heterocycles. The normalized spacial score (nSPS) is 11.7. The standard InChI is InChI=1S/C25H34N2O3/c1-6-7-14-29-23-16-19(2)25(20(3)17-23)30-15-10-8-9-11-22-12-13-24(26-18-22)21(4)27-28-5/h6-7,12-13,16-18H,8-11,14-15H2,1-5H3/b7-6+,27-21+. The van der Waals surface area contributed by atoms with Crippen LogP contribution in [0.3, 0.4) is 0 Å². The second-order valence-corrected chi connectivity index (χ2v) is 7.34. The van der Waals surface area contributed by atoms with Crippen molar-refractivity contribution in [2.24, 2.45) is 5.16 Å². The van der Waals surface area contributed by atoms with Gasteiger partial charge in [-0.1, -0.05) is 23.4 Å². The van der Waals surface area contributed by atoms with Crippen LogP contribution in [0.5, 0.6) is 11.5 Å². The van der Waals surface area contributed by atoms with E-state index in [-0.39, 0.29) is 0 Å². The minimum Gasteiger partial charge on any atom is -0.493 e. The van der Waals surface area contributed by atoms with E-state index < -0.39 is 0 Å². The van der Waals surface area contributed by atoms with E-state index in [1.807, 2.05) is 50.4 Å². The molecule has 0 spiro atoms. The minimum absolute atomic E-state index is 0.591. The molecule has 0 aliphatic rings. The Bertz CT molecular complexity index is 819. The van der Waals surface area contributed by atoms with Crippen molar-refractivity contribution >= 4 is 5.71 Å². The van der Waals surface area contributed by atoms with Crippen LogP contribution in [0.4, 0.5) is 0 Å². The summed E-state index contributed by atoms with van der Waals surface area (Å²) in [4.78, 5) is 9.24. The lowest BCUT2D eigenvalue weighted by Crippen LogP contribution is -2.02. The number of nitrogens with zero attached hydrogens (tertiary/aromatic N) is 2. The number of aryl methyl sites for hydroxylation is 3. The van der Waals surface area contributed by atoms with Crippen molar-refractivity contribution < 1.29 is 14.3 Å². The van der Waals surface area contributed by atoms with Gasteiger partial charge >= 0.3 is 0 Å². The number of hydrogen-bond donors (Lipinski definition) is 0. The van der Waals surface area contributed by atoms with E-state index in [0.29, 0.717) is 6.61 Å². The zero-order chi connectivity index (χ0) is 21.8. The van der Waals surface area contributed by atoms with Crippen LogP contribution in [0.1, 0.15) is 55.5 Å². The summed E-state index contributed by atoms with van der Waals surface area (Å²) in [5.74, 6) is 1.86. The summed E-state index contributed by atoms with van der Waals surface area (Å²) < 4.78 is 11.8. The van der Waals surface area contributed by atoms with Gasteiger partial charge in [-0.15, -0.1) is 0 Å². The molecule has 162 valence electrons. The molecule has 1 heterocycles. The highest BCUT2D eigenvalue weighted by Gasteiger charge is 2.07. The molecule has 1 aromatic carbocycles. The van der Waals surface area contributed by atoms with Crippen LogP contribution in [-0.2, 0) is 11.3 Å². The van der Waals surface area contributed by atoms with E-state index in [1.165, 1.54) is 5.56 Å². The summed E-state index contributed by atoms with van der Waals surface area (Å²) in [6.45, 7) is 9.34. The molecule has 0 N–H and O–H groups in total. The van der Waals surface area contributed by atoms with Gasteiger partial charge in [0.1, 0.15) is 30.9 Å². The number of pyridine rings is 1. The number of oxime groups is 1. The van der Waals surface area contributed by atoms with Crippen LogP contribution < -0.4 is 9.47 Å². The molecular formula is C25H34N2O3. The molecule has 0 radical (unpaired) electrons. The number of rotatable bonds is 12. The molecular weight excluding hydrogens is 376 g/mol. The second kappa shape index (κ2) is 12.7. The van der Waals surface area contributed by atoms with Crippen molar-refractivity contribution in [3.05, 3.63) is 65.0 Å². The maximum Gasteiger partial charge on any atom is 0.125 e. The molecule has 5 nitrogen and oxygen atoms in total. The molecule has 5 heteroatoms. The summed E-state index contributed by atoms with van der Waals surface area (Å²) in [6.07, 6.45) is 10.2.